The van der Waals surface area contributed by atoms with Crippen LogP contribution < -0.4 is 20.5 Å². The first-order chi connectivity index (χ1) is 15.5. The van der Waals surface area contributed by atoms with E-state index in [1.165, 1.54) is 44.4 Å². The number of benzene rings is 2. The first kappa shape index (κ1) is 24.2. The fourth-order valence-electron chi connectivity index (χ4n) is 2.86. The first-order valence-electron chi connectivity index (χ1n) is 9.75. The van der Waals surface area contributed by atoms with Gasteiger partial charge in [0.2, 0.25) is 5.91 Å². The van der Waals surface area contributed by atoms with E-state index in [2.05, 4.69) is 10.0 Å². The van der Waals surface area contributed by atoms with Crippen LogP contribution in [-0.2, 0) is 14.8 Å². The van der Waals surface area contributed by atoms with Crippen LogP contribution in [0.4, 0.5) is 15.8 Å². The molecule has 0 saturated heterocycles. The minimum Gasteiger partial charge on any atom is -0.495 e. The van der Waals surface area contributed by atoms with E-state index >= 15 is 0 Å². The predicted octanol–water partition coefficient (Wildman–Crippen LogP) is 2.85. The van der Waals surface area contributed by atoms with Gasteiger partial charge in [0.1, 0.15) is 28.6 Å². The van der Waals surface area contributed by atoms with Crippen LogP contribution in [0.3, 0.4) is 0 Å². The number of anilines is 2. The third-order valence-corrected chi connectivity index (χ3v) is 6.17. The highest BCUT2D eigenvalue weighted by atomic mass is 32.2. The van der Waals surface area contributed by atoms with Gasteiger partial charge in [0.25, 0.3) is 10.0 Å². The number of aliphatic hydroxyl groups is 1. The second kappa shape index (κ2) is 9.22. The molecule has 0 bridgehead atoms. The number of halogens is 1. The summed E-state index contributed by atoms with van der Waals surface area (Å²) in [6.07, 6.45) is 0. The minimum absolute atomic E-state index is 0.00386. The molecule has 1 atom stereocenters. The van der Waals surface area contributed by atoms with Crippen LogP contribution in [0.2, 0.25) is 0 Å². The van der Waals surface area contributed by atoms with Gasteiger partial charge in [-0.1, -0.05) is 0 Å². The number of hydrogen-bond acceptors (Lipinski definition) is 7. The highest BCUT2D eigenvalue weighted by molar-refractivity contribution is 7.92. The van der Waals surface area contributed by atoms with Crippen molar-refractivity contribution >= 4 is 27.3 Å². The predicted molar refractivity (Wildman–Crippen MR) is 121 cm³/mol. The monoisotopic (exact) mass is 477 g/mol. The zero-order chi connectivity index (χ0) is 24.4. The highest BCUT2D eigenvalue weighted by Crippen LogP contribution is 2.32. The van der Waals surface area contributed by atoms with E-state index in [0.29, 0.717) is 5.76 Å². The summed E-state index contributed by atoms with van der Waals surface area (Å²) in [5.41, 5.74) is 4.51. The molecule has 0 fully saturated rings. The number of nitrogens with one attached hydrogen (secondary N) is 2. The van der Waals surface area contributed by atoms with Crippen molar-refractivity contribution < 1.29 is 31.9 Å². The molecule has 0 aliphatic rings. The van der Waals surface area contributed by atoms with E-state index in [-0.39, 0.29) is 33.3 Å². The zero-order valence-electron chi connectivity index (χ0n) is 18.2. The van der Waals surface area contributed by atoms with Crippen LogP contribution in [0.1, 0.15) is 12.7 Å². The van der Waals surface area contributed by atoms with Gasteiger partial charge in [-0.05, 0) is 62.4 Å². The van der Waals surface area contributed by atoms with E-state index in [4.69, 9.17) is 14.9 Å². The fraction of sp³-hybridized carbons (Fsp3) is 0.227. The molecule has 1 heterocycles. The Morgan fingerprint density at radius 1 is 1.21 bits per heavy atom. The lowest BCUT2D eigenvalue weighted by atomic mass is 10.0. The molecule has 0 aliphatic heterocycles. The average Bonchev–Trinajstić information content (AvgIpc) is 3.19. The minimum atomic E-state index is -4.22. The smallest absolute Gasteiger partial charge is 0.262 e. The SMILES string of the molecule is COc1ccc(NC(=O)C(C)(N)CO)cc1NS(=O)(=O)c1ccc(-c2ccc(C)o2)c(F)c1. The Balaban J connectivity index is 1.90. The van der Waals surface area contributed by atoms with Crippen LogP contribution in [-0.4, -0.2) is 38.7 Å². The van der Waals surface area contributed by atoms with Gasteiger partial charge in [0.15, 0.2) is 0 Å². The fourth-order valence-corrected chi connectivity index (χ4v) is 3.93. The second-order valence-corrected chi connectivity index (χ2v) is 9.28. The standard InChI is InChI=1S/C22H24FN3O6S/c1-13-4-8-19(32-13)16-7-6-15(11-17(16)23)33(29,30)26-18-10-14(5-9-20(18)31-3)25-21(28)22(2,24)12-27/h4-11,26-27H,12,24H2,1-3H3,(H,25,28). The summed E-state index contributed by atoms with van der Waals surface area (Å²) in [4.78, 5) is 11.9. The van der Waals surface area contributed by atoms with Gasteiger partial charge in [0, 0.05) is 5.69 Å². The Labute approximate surface area is 190 Å². The number of ether oxygens (including phenoxy) is 1. The molecule has 0 saturated carbocycles. The number of amides is 1. The summed E-state index contributed by atoms with van der Waals surface area (Å²) in [6.45, 7) is 2.47. The van der Waals surface area contributed by atoms with Gasteiger partial charge in [-0.25, -0.2) is 12.8 Å². The molecule has 33 heavy (non-hydrogen) atoms. The Hall–Kier alpha value is -3.41. The van der Waals surface area contributed by atoms with Crippen LogP contribution >= 0.6 is 0 Å². The Morgan fingerprint density at radius 2 is 1.94 bits per heavy atom. The summed E-state index contributed by atoms with van der Waals surface area (Å²) in [5.74, 6) is -0.406. The summed E-state index contributed by atoms with van der Waals surface area (Å²) in [6, 6.07) is 10.9. The quantitative estimate of drug-likeness (QED) is 0.390. The molecule has 3 rings (SSSR count). The molecule has 11 heteroatoms. The molecule has 5 N–H and O–H groups in total. The molecule has 3 aromatic rings. The molecule has 2 aromatic carbocycles. The first-order valence-corrected chi connectivity index (χ1v) is 11.2. The van der Waals surface area contributed by atoms with Gasteiger partial charge in [-0.3, -0.25) is 9.52 Å². The van der Waals surface area contributed by atoms with Crippen molar-refractivity contribution in [1.29, 1.82) is 0 Å². The van der Waals surface area contributed by atoms with Crippen molar-refractivity contribution in [3.63, 3.8) is 0 Å². The van der Waals surface area contributed by atoms with Crippen molar-refractivity contribution in [3.8, 4) is 17.1 Å². The lowest BCUT2D eigenvalue weighted by molar-refractivity contribution is -0.121. The van der Waals surface area contributed by atoms with Gasteiger partial charge in [0.05, 0.1) is 29.9 Å². The van der Waals surface area contributed by atoms with Crippen LogP contribution in [0.25, 0.3) is 11.3 Å². The van der Waals surface area contributed by atoms with Gasteiger partial charge in [-0.15, -0.1) is 0 Å². The molecule has 1 unspecified atom stereocenters. The molecule has 176 valence electrons. The van der Waals surface area contributed by atoms with E-state index in [1.807, 2.05) is 0 Å². The third kappa shape index (κ3) is 5.33. The molecular weight excluding hydrogens is 453 g/mol. The molecule has 0 radical (unpaired) electrons. The second-order valence-electron chi connectivity index (χ2n) is 7.60. The maximum absolute atomic E-state index is 14.7. The van der Waals surface area contributed by atoms with Crippen molar-refractivity contribution in [3.05, 3.63) is 60.1 Å². The zero-order valence-corrected chi connectivity index (χ0v) is 19.0. The van der Waals surface area contributed by atoms with Gasteiger partial charge >= 0.3 is 0 Å². The van der Waals surface area contributed by atoms with E-state index in [9.17, 15) is 22.7 Å². The highest BCUT2D eigenvalue weighted by Gasteiger charge is 2.28. The number of furan rings is 1. The van der Waals surface area contributed by atoms with Crippen molar-refractivity contribution in [2.45, 2.75) is 24.3 Å². The van der Waals surface area contributed by atoms with Crippen LogP contribution in [0.15, 0.2) is 57.8 Å². The Kier molecular flexibility index (Phi) is 6.77. The molecule has 1 aromatic heterocycles. The number of methoxy groups -OCH3 is 1. The topological polar surface area (TPSA) is 144 Å². The normalized spacial score (nSPS) is 13.3. The van der Waals surface area contributed by atoms with Gasteiger partial charge in [-0.2, -0.15) is 0 Å². The number of hydrogen-bond donors (Lipinski definition) is 4. The van der Waals surface area contributed by atoms with Crippen molar-refractivity contribution in [1.82, 2.24) is 0 Å². The van der Waals surface area contributed by atoms with Gasteiger partial charge < -0.3 is 25.3 Å². The maximum atomic E-state index is 14.7. The summed E-state index contributed by atoms with van der Waals surface area (Å²) in [7, 11) is -2.88. The van der Waals surface area contributed by atoms with Crippen molar-refractivity contribution in [2.75, 3.05) is 23.8 Å². The summed E-state index contributed by atoms with van der Waals surface area (Å²) < 4.78 is 53.4. The van der Waals surface area contributed by atoms with E-state index < -0.39 is 33.9 Å². The number of nitrogens with two attached hydrogens (primary N) is 1. The summed E-state index contributed by atoms with van der Waals surface area (Å²) in [5, 5.41) is 11.7. The number of rotatable bonds is 8. The third-order valence-electron chi connectivity index (χ3n) is 4.81. The van der Waals surface area contributed by atoms with Crippen LogP contribution in [0, 0.1) is 12.7 Å². The molecular formula is C22H24FN3O6S. The average molecular weight is 478 g/mol. The number of sulfonamides is 1. The van der Waals surface area contributed by atoms with Crippen molar-refractivity contribution in [2.24, 2.45) is 5.73 Å². The van der Waals surface area contributed by atoms with Crippen LogP contribution in [0.5, 0.6) is 5.75 Å². The molecule has 1 amide bonds. The molecule has 0 spiro atoms. The number of aryl methyl sites for hydroxylation is 1. The number of carbonyl (C=O) groups is 1. The molecule has 9 nitrogen and oxygen atoms in total. The largest absolute Gasteiger partial charge is 0.495 e. The maximum Gasteiger partial charge on any atom is 0.262 e. The Morgan fingerprint density at radius 3 is 2.52 bits per heavy atom. The van der Waals surface area contributed by atoms with E-state index in [1.54, 1.807) is 19.1 Å². The number of aliphatic hydroxyl groups excluding tert-OH is 1. The summed E-state index contributed by atoms with van der Waals surface area (Å²) >= 11 is 0. The lowest BCUT2D eigenvalue weighted by Gasteiger charge is -2.21. The molecule has 0 aliphatic carbocycles. The lowest BCUT2D eigenvalue weighted by Crippen LogP contribution is -2.51. The Bertz CT molecular complexity index is 1290. The van der Waals surface area contributed by atoms with E-state index in [0.717, 1.165) is 6.07 Å². The number of carbonyl (C=O) groups excluding carboxylic acids is 1.